The molecule has 0 spiro atoms. The zero-order chi connectivity index (χ0) is 10.3. The minimum Gasteiger partial charge on any atom is -0.348 e. The first-order chi connectivity index (χ1) is 6.11. The van der Waals surface area contributed by atoms with Gasteiger partial charge in [-0.1, -0.05) is 0 Å². The molecule has 0 fully saturated rings. The van der Waals surface area contributed by atoms with E-state index in [1.165, 1.54) is 21.3 Å². The van der Waals surface area contributed by atoms with Gasteiger partial charge in [0.15, 0.2) is 0 Å². The predicted molar refractivity (Wildman–Crippen MR) is 49.6 cm³/mol. The van der Waals surface area contributed by atoms with Crippen molar-refractivity contribution in [1.29, 1.82) is 1.34 Å². The van der Waals surface area contributed by atoms with Gasteiger partial charge in [0.1, 0.15) is 5.91 Å². The summed E-state index contributed by atoms with van der Waals surface area (Å²) < 4.78 is 6.89. The van der Waals surface area contributed by atoms with Crippen molar-refractivity contribution in [3.8, 4) is 0 Å². The Bertz CT molecular complexity index is 162. The topological polar surface area (TPSA) is 29.5 Å². The van der Waals surface area contributed by atoms with Crippen molar-refractivity contribution in [3.05, 3.63) is 13.3 Å². The summed E-state index contributed by atoms with van der Waals surface area (Å²) in [7, 11) is 4.27. The Hall–Kier alpha value is 0.0532. The standard InChI is InChI=1S/C8H15BNO2.W/c1-7(9)5-4-6-8(11)10(2)12-3;/h6-7,9H,1,4-5H2,2-3H3;/q-2;+2/i9D;. The van der Waals surface area contributed by atoms with E-state index in [1.807, 2.05) is 0 Å². The van der Waals surface area contributed by atoms with E-state index < -0.39 is 0 Å². The second-order valence-corrected chi connectivity index (χ2v) is 2.56. The van der Waals surface area contributed by atoms with Gasteiger partial charge < -0.3 is 18.1 Å². The second-order valence-electron chi connectivity index (χ2n) is 2.56. The Labute approximate surface area is 97.2 Å². The van der Waals surface area contributed by atoms with Crippen LogP contribution >= 0.6 is 0 Å². The summed E-state index contributed by atoms with van der Waals surface area (Å²) in [5.74, 6) is -0.184. The maximum Gasteiger partial charge on any atom is 2.00 e. The van der Waals surface area contributed by atoms with E-state index in [2.05, 4.69) is 11.8 Å². The third-order valence-corrected chi connectivity index (χ3v) is 1.44. The number of carbonyl (C=O) groups is 1. The van der Waals surface area contributed by atoms with Crippen LogP contribution in [-0.2, 0) is 30.7 Å². The number of rotatable bonds is 6. The third-order valence-electron chi connectivity index (χ3n) is 1.44. The van der Waals surface area contributed by atoms with Crippen molar-refractivity contribution >= 4 is 13.7 Å². The maximum atomic E-state index is 11.1. The van der Waals surface area contributed by atoms with Crippen LogP contribution in [0.1, 0.15) is 12.8 Å². The number of carbonyl (C=O) groups excluding carboxylic acids is 1. The average Bonchev–Trinajstić information content (AvgIpc) is 2.15. The van der Waals surface area contributed by atoms with Crippen molar-refractivity contribution in [2.24, 2.45) is 0 Å². The molecule has 73 valence electrons. The molecule has 0 aromatic rings. The fourth-order valence-electron chi connectivity index (χ4n) is 0.639. The Balaban J connectivity index is 0. The molecule has 0 heterocycles. The Morgan fingerprint density at radius 3 is 3.00 bits per heavy atom. The van der Waals surface area contributed by atoms with E-state index >= 15 is 0 Å². The summed E-state index contributed by atoms with van der Waals surface area (Å²) in [5.41, 5.74) is 0. The van der Waals surface area contributed by atoms with E-state index in [-0.39, 0.29) is 32.8 Å². The SMILES string of the molecule is [2H][B]C([CH2-])CC[CH-]C(=O)N(C)OC.[W+2]. The van der Waals surface area contributed by atoms with Crippen LogP contribution in [0.4, 0.5) is 0 Å². The molecular formula is C8H15BNO2W. The van der Waals surface area contributed by atoms with Gasteiger partial charge in [-0.3, -0.25) is 9.90 Å². The van der Waals surface area contributed by atoms with Crippen LogP contribution in [0.25, 0.3) is 0 Å². The van der Waals surface area contributed by atoms with E-state index in [0.717, 1.165) is 5.06 Å². The van der Waals surface area contributed by atoms with Crippen LogP contribution in [0, 0.1) is 13.3 Å². The first kappa shape index (κ1) is 13.1. The minimum atomic E-state index is -0.167. The van der Waals surface area contributed by atoms with E-state index in [9.17, 15) is 4.79 Å². The quantitative estimate of drug-likeness (QED) is 0.396. The van der Waals surface area contributed by atoms with Crippen molar-refractivity contribution in [1.82, 2.24) is 5.06 Å². The van der Waals surface area contributed by atoms with Crippen LogP contribution in [-0.4, -0.2) is 34.3 Å². The van der Waals surface area contributed by atoms with E-state index in [1.54, 1.807) is 7.05 Å². The normalized spacial score (nSPS) is 12.1. The summed E-state index contributed by atoms with van der Waals surface area (Å²) in [6.07, 6.45) is 2.87. The predicted octanol–water partition coefficient (Wildman–Crippen LogP) is 0.512. The van der Waals surface area contributed by atoms with Crippen LogP contribution in [0.3, 0.4) is 0 Å². The summed E-state index contributed by atoms with van der Waals surface area (Å²) >= 11 is 0. The summed E-state index contributed by atoms with van der Waals surface area (Å²) in [4.78, 5) is 15.8. The van der Waals surface area contributed by atoms with Gasteiger partial charge in [-0.15, -0.1) is 6.42 Å². The molecule has 1 unspecified atom stereocenters. The van der Waals surface area contributed by atoms with Gasteiger partial charge in [0.2, 0.25) is 0 Å². The molecule has 0 aliphatic carbocycles. The molecule has 3 nitrogen and oxygen atoms in total. The zero-order valence-electron chi connectivity index (χ0n) is 9.03. The molecule has 0 aromatic carbocycles. The van der Waals surface area contributed by atoms with Gasteiger partial charge in [-0.25, -0.2) is 5.82 Å². The largest absolute Gasteiger partial charge is 2.00 e. The molecule has 13 heavy (non-hydrogen) atoms. The molecule has 1 atom stereocenters. The van der Waals surface area contributed by atoms with E-state index in [0.29, 0.717) is 12.8 Å². The first-order valence-corrected chi connectivity index (χ1v) is 3.81. The Morgan fingerprint density at radius 2 is 2.54 bits per heavy atom. The minimum absolute atomic E-state index is 0. The zero-order valence-corrected chi connectivity index (χ0v) is 11.0. The number of hydrogen-bond acceptors (Lipinski definition) is 2. The second kappa shape index (κ2) is 8.64. The van der Waals surface area contributed by atoms with E-state index in [4.69, 9.17) is 1.34 Å². The van der Waals surface area contributed by atoms with Crippen molar-refractivity contribution in [2.45, 2.75) is 18.7 Å². The average molecular weight is 353 g/mol. The van der Waals surface area contributed by atoms with Gasteiger partial charge >= 0.3 is 21.1 Å². The Morgan fingerprint density at radius 1 is 1.92 bits per heavy atom. The van der Waals surface area contributed by atoms with Crippen LogP contribution in [0.5, 0.6) is 0 Å². The molecule has 1 amide bonds. The summed E-state index contributed by atoms with van der Waals surface area (Å²) in [6.45, 7) is 3.70. The van der Waals surface area contributed by atoms with Crippen molar-refractivity contribution < 1.29 is 30.7 Å². The fraction of sp³-hybridized carbons (Fsp3) is 0.625. The van der Waals surface area contributed by atoms with Gasteiger partial charge in [0, 0.05) is 7.05 Å². The summed E-state index contributed by atoms with van der Waals surface area (Å²) in [6, 6.07) is 0. The molecule has 0 aromatic heterocycles. The maximum absolute atomic E-state index is 11.1. The number of hydrogen-bond donors (Lipinski definition) is 0. The molecule has 0 aliphatic heterocycles. The molecule has 0 saturated carbocycles. The van der Waals surface area contributed by atoms with Crippen molar-refractivity contribution in [2.75, 3.05) is 14.2 Å². The smallest absolute Gasteiger partial charge is 0.348 e. The van der Waals surface area contributed by atoms with Crippen LogP contribution in [0.15, 0.2) is 0 Å². The fourth-order valence-corrected chi connectivity index (χ4v) is 0.639. The molecule has 1 radical (unpaired) electrons. The molecule has 0 aliphatic rings. The van der Waals surface area contributed by atoms with Crippen molar-refractivity contribution in [3.63, 3.8) is 0 Å². The molecule has 0 rings (SSSR count). The van der Waals surface area contributed by atoms with Gasteiger partial charge in [0.25, 0.3) is 0 Å². The molecule has 0 bridgehead atoms. The van der Waals surface area contributed by atoms with Gasteiger partial charge in [-0.2, -0.15) is 6.42 Å². The molecule has 0 N–H and O–H groups in total. The first-order valence-electron chi connectivity index (χ1n) is 4.39. The monoisotopic (exact) mass is 353 g/mol. The summed E-state index contributed by atoms with van der Waals surface area (Å²) in [5, 5.41) is 1.16. The number of nitrogens with zero attached hydrogens (tertiary/aromatic N) is 1. The number of amides is 1. The van der Waals surface area contributed by atoms with Gasteiger partial charge in [0.05, 0.1) is 14.9 Å². The Kier molecular flexibility index (Phi) is 8.68. The third kappa shape index (κ3) is 8.39. The number of hydroxylamine groups is 2. The molecule has 5 heteroatoms. The van der Waals surface area contributed by atoms with Gasteiger partial charge in [-0.05, 0) is 1.34 Å². The van der Waals surface area contributed by atoms with Crippen LogP contribution in [0.2, 0.25) is 5.82 Å². The molecule has 0 saturated heterocycles. The van der Waals surface area contributed by atoms with Crippen LogP contribution < -0.4 is 0 Å². The molecular weight excluding hydrogens is 337 g/mol.